The lowest BCUT2D eigenvalue weighted by molar-refractivity contribution is -0.134. The zero-order valence-electron chi connectivity index (χ0n) is 12.0. The smallest absolute Gasteiger partial charge is 0.225 e. The number of fused-ring (bicyclic) bond motifs is 2. The van der Waals surface area contributed by atoms with E-state index in [1.165, 1.54) is 0 Å². The molecule has 1 aromatic carbocycles. The molecule has 110 valence electrons. The van der Waals surface area contributed by atoms with Gasteiger partial charge in [-0.2, -0.15) is 0 Å². The first-order valence-corrected chi connectivity index (χ1v) is 7.41. The molecule has 2 aliphatic rings. The topological polar surface area (TPSA) is 72.2 Å². The Kier molecular flexibility index (Phi) is 3.53. The van der Waals surface area contributed by atoms with Gasteiger partial charge in [-0.05, 0) is 30.7 Å². The van der Waals surface area contributed by atoms with E-state index in [1.54, 1.807) is 0 Å². The molecule has 0 aromatic heterocycles. The maximum Gasteiger partial charge on any atom is 0.225 e. The van der Waals surface area contributed by atoms with E-state index >= 15 is 0 Å². The predicted octanol–water partition coefficient (Wildman–Crippen LogP) is 1.79. The molecule has 0 spiro atoms. The molecule has 21 heavy (non-hydrogen) atoms. The van der Waals surface area contributed by atoms with Crippen LogP contribution in [0.2, 0.25) is 0 Å². The molecule has 2 aliphatic carbocycles. The van der Waals surface area contributed by atoms with Crippen molar-refractivity contribution in [2.75, 3.05) is 0 Å². The zero-order chi connectivity index (χ0) is 15.0. The lowest BCUT2D eigenvalue weighted by atomic mass is 9.81. The molecule has 2 bridgehead atoms. The van der Waals surface area contributed by atoms with Gasteiger partial charge < -0.3 is 11.1 Å². The van der Waals surface area contributed by atoms with E-state index < -0.39 is 0 Å². The fourth-order valence-electron chi connectivity index (χ4n) is 3.70. The van der Waals surface area contributed by atoms with Gasteiger partial charge in [-0.15, -0.1) is 0 Å². The second-order valence-corrected chi connectivity index (χ2v) is 6.04. The first kappa shape index (κ1) is 13.9. The van der Waals surface area contributed by atoms with E-state index in [1.807, 2.05) is 43.3 Å². The summed E-state index contributed by atoms with van der Waals surface area (Å²) < 4.78 is 0. The highest BCUT2D eigenvalue weighted by atomic mass is 16.2. The third kappa shape index (κ3) is 2.46. The Morgan fingerprint density at radius 2 is 1.76 bits per heavy atom. The van der Waals surface area contributed by atoms with Crippen molar-refractivity contribution in [1.82, 2.24) is 5.32 Å². The number of benzene rings is 1. The summed E-state index contributed by atoms with van der Waals surface area (Å²) in [4.78, 5) is 24.3. The molecular weight excluding hydrogens is 264 g/mol. The number of nitrogens with two attached hydrogens (primary N) is 1. The van der Waals surface area contributed by atoms with Crippen LogP contribution in [0.25, 0.3) is 0 Å². The van der Waals surface area contributed by atoms with Crippen molar-refractivity contribution in [2.24, 2.45) is 29.4 Å². The molecule has 4 nitrogen and oxygen atoms in total. The second kappa shape index (κ2) is 5.35. The van der Waals surface area contributed by atoms with E-state index in [2.05, 4.69) is 11.4 Å². The summed E-state index contributed by atoms with van der Waals surface area (Å²) >= 11 is 0. The Labute approximate surface area is 124 Å². The van der Waals surface area contributed by atoms with Gasteiger partial charge >= 0.3 is 0 Å². The Morgan fingerprint density at radius 3 is 2.38 bits per heavy atom. The number of carbonyl (C=O) groups is 2. The SMILES string of the molecule is CC(NC(=O)C1C2C=CC(C2)C1C(N)=O)c1ccccc1. The van der Waals surface area contributed by atoms with Crippen molar-refractivity contribution in [3.63, 3.8) is 0 Å². The summed E-state index contributed by atoms with van der Waals surface area (Å²) in [5, 5.41) is 3.03. The zero-order valence-corrected chi connectivity index (χ0v) is 12.0. The number of amides is 2. The van der Waals surface area contributed by atoms with Gasteiger partial charge in [0.2, 0.25) is 11.8 Å². The minimum Gasteiger partial charge on any atom is -0.369 e. The van der Waals surface area contributed by atoms with Crippen LogP contribution in [0.5, 0.6) is 0 Å². The van der Waals surface area contributed by atoms with Crippen LogP contribution in [-0.4, -0.2) is 11.8 Å². The standard InChI is InChI=1S/C17H20N2O2/c1-10(11-5-3-2-4-6-11)19-17(21)15-13-8-7-12(9-13)14(15)16(18)20/h2-8,10,12-15H,9H2,1H3,(H2,18,20)(H,19,21). The van der Waals surface area contributed by atoms with Crippen LogP contribution in [-0.2, 0) is 9.59 Å². The molecule has 1 fully saturated rings. The number of carbonyl (C=O) groups excluding carboxylic acids is 2. The summed E-state index contributed by atoms with van der Waals surface area (Å²) in [5.74, 6) is -0.816. The molecule has 3 N–H and O–H groups in total. The maximum atomic E-state index is 12.6. The summed E-state index contributed by atoms with van der Waals surface area (Å²) in [5.41, 5.74) is 6.56. The largest absolute Gasteiger partial charge is 0.369 e. The number of nitrogens with one attached hydrogen (secondary N) is 1. The van der Waals surface area contributed by atoms with Crippen LogP contribution < -0.4 is 11.1 Å². The van der Waals surface area contributed by atoms with Gasteiger partial charge in [0, 0.05) is 0 Å². The quantitative estimate of drug-likeness (QED) is 0.827. The fraction of sp³-hybridized carbons (Fsp3) is 0.412. The van der Waals surface area contributed by atoms with Crippen molar-refractivity contribution in [2.45, 2.75) is 19.4 Å². The van der Waals surface area contributed by atoms with Gasteiger partial charge in [0.25, 0.3) is 0 Å². The van der Waals surface area contributed by atoms with Crippen LogP contribution in [0.15, 0.2) is 42.5 Å². The Balaban J connectivity index is 1.73. The Bertz CT molecular complexity index is 582. The second-order valence-electron chi connectivity index (χ2n) is 6.04. The van der Waals surface area contributed by atoms with Crippen LogP contribution in [0.1, 0.15) is 24.9 Å². The minimum absolute atomic E-state index is 0.0630. The first-order chi connectivity index (χ1) is 10.1. The summed E-state index contributed by atoms with van der Waals surface area (Å²) in [6.45, 7) is 1.95. The van der Waals surface area contributed by atoms with E-state index in [-0.39, 0.29) is 41.5 Å². The molecule has 0 radical (unpaired) electrons. The minimum atomic E-state index is -0.362. The average Bonchev–Trinajstić information content (AvgIpc) is 3.08. The number of hydrogen-bond acceptors (Lipinski definition) is 2. The molecule has 5 unspecified atom stereocenters. The van der Waals surface area contributed by atoms with Crippen LogP contribution in [0.3, 0.4) is 0 Å². The van der Waals surface area contributed by atoms with Crippen molar-refractivity contribution < 1.29 is 9.59 Å². The number of hydrogen-bond donors (Lipinski definition) is 2. The highest BCUT2D eigenvalue weighted by molar-refractivity contribution is 5.89. The third-order valence-electron chi connectivity index (χ3n) is 4.75. The van der Waals surface area contributed by atoms with Gasteiger partial charge in [0.05, 0.1) is 17.9 Å². The fourth-order valence-corrected chi connectivity index (χ4v) is 3.70. The summed E-state index contributed by atoms with van der Waals surface area (Å²) in [7, 11) is 0. The summed E-state index contributed by atoms with van der Waals surface area (Å²) in [6, 6.07) is 9.74. The van der Waals surface area contributed by atoms with Gasteiger partial charge in [-0.1, -0.05) is 42.5 Å². The van der Waals surface area contributed by atoms with E-state index in [9.17, 15) is 9.59 Å². The molecular formula is C17H20N2O2. The monoisotopic (exact) mass is 284 g/mol. The molecule has 4 heteroatoms. The Morgan fingerprint density at radius 1 is 1.14 bits per heavy atom. The molecule has 5 atom stereocenters. The molecule has 0 aliphatic heterocycles. The van der Waals surface area contributed by atoms with Gasteiger partial charge in [-0.25, -0.2) is 0 Å². The summed E-state index contributed by atoms with van der Waals surface area (Å²) in [6.07, 6.45) is 4.96. The lowest BCUT2D eigenvalue weighted by Gasteiger charge is -2.26. The molecule has 1 aromatic rings. The van der Waals surface area contributed by atoms with Gasteiger partial charge in [0.1, 0.15) is 0 Å². The normalized spacial score (nSPS) is 31.1. The number of rotatable bonds is 4. The van der Waals surface area contributed by atoms with Crippen LogP contribution >= 0.6 is 0 Å². The molecule has 2 amide bonds. The molecule has 1 saturated carbocycles. The van der Waals surface area contributed by atoms with Crippen molar-refractivity contribution in [3.8, 4) is 0 Å². The lowest BCUT2D eigenvalue weighted by Crippen LogP contribution is -2.43. The number of allylic oxidation sites excluding steroid dienone is 2. The first-order valence-electron chi connectivity index (χ1n) is 7.41. The Hall–Kier alpha value is -2.10. The predicted molar refractivity (Wildman–Crippen MR) is 79.9 cm³/mol. The van der Waals surface area contributed by atoms with E-state index in [0.717, 1.165) is 12.0 Å². The highest BCUT2D eigenvalue weighted by Crippen LogP contribution is 2.48. The van der Waals surface area contributed by atoms with Gasteiger partial charge in [0.15, 0.2) is 0 Å². The molecule has 3 rings (SSSR count). The molecule has 0 saturated heterocycles. The maximum absolute atomic E-state index is 12.6. The van der Waals surface area contributed by atoms with E-state index in [4.69, 9.17) is 5.73 Å². The van der Waals surface area contributed by atoms with Crippen molar-refractivity contribution in [1.29, 1.82) is 0 Å². The van der Waals surface area contributed by atoms with Crippen LogP contribution in [0.4, 0.5) is 0 Å². The highest BCUT2D eigenvalue weighted by Gasteiger charge is 2.50. The van der Waals surface area contributed by atoms with Crippen LogP contribution in [0, 0.1) is 23.7 Å². The third-order valence-corrected chi connectivity index (χ3v) is 4.75. The van der Waals surface area contributed by atoms with Crippen molar-refractivity contribution >= 4 is 11.8 Å². The average molecular weight is 284 g/mol. The van der Waals surface area contributed by atoms with Gasteiger partial charge in [-0.3, -0.25) is 9.59 Å². The van der Waals surface area contributed by atoms with Crippen molar-refractivity contribution in [3.05, 3.63) is 48.0 Å². The number of primary amides is 1. The molecule has 0 heterocycles. The van der Waals surface area contributed by atoms with E-state index in [0.29, 0.717) is 0 Å².